The van der Waals surface area contributed by atoms with Gasteiger partial charge in [0.25, 0.3) is 0 Å². The zero-order valence-electron chi connectivity index (χ0n) is 9.53. The van der Waals surface area contributed by atoms with Crippen molar-refractivity contribution in [3.8, 4) is 0 Å². The van der Waals surface area contributed by atoms with Gasteiger partial charge in [-0.05, 0) is 30.5 Å². The third-order valence-electron chi connectivity index (χ3n) is 3.85. The summed E-state index contributed by atoms with van der Waals surface area (Å²) < 4.78 is 0.995. The van der Waals surface area contributed by atoms with E-state index in [0.29, 0.717) is 6.54 Å². The van der Waals surface area contributed by atoms with Gasteiger partial charge in [0, 0.05) is 16.9 Å². The summed E-state index contributed by atoms with van der Waals surface area (Å²) in [5.41, 5.74) is 6.19. The first kappa shape index (κ1) is 12.6. The smallest absolute Gasteiger partial charge is 0.310 e. The molecule has 1 aromatic rings. The minimum Gasteiger partial charge on any atom is -0.481 e. The van der Waals surface area contributed by atoms with Crippen molar-refractivity contribution in [1.82, 2.24) is 0 Å². The van der Waals surface area contributed by atoms with Gasteiger partial charge in [-0.3, -0.25) is 4.79 Å². The molecule has 1 aliphatic carbocycles. The molecule has 1 fully saturated rings. The summed E-state index contributed by atoms with van der Waals surface area (Å²) in [6.07, 6.45) is 2.46. The lowest BCUT2D eigenvalue weighted by Gasteiger charge is -2.44. The van der Waals surface area contributed by atoms with Gasteiger partial charge in [-0.15, -0.1) is 0 Å². The van der Waals surface area contributed by atoms with Gasteiger partial charge in [-0.1, -0.05) is 34.5 Å². The fourth-order valence-corrected chi connectivity index (χ4v) is 2.91. The van der Waals surface area contributed by atoms with Crippen LogP contribution in [-0.4, -0.2) is 17.6 Å². The number of hydrogen-bond donors (Lipinski definition) is 2. The molecule has 0 radical (unpaired) electrons. The zero-order valence-corrected chi connectivity index (χ0v) is 11.1. The van der Waals surface area contributed by atoms with E-state index in [9.17, 15) is 9.90 Å². The Morgan fingerprint density at radius 2 is 2.00 bits per heavy atom. The predicted molar refractivity (Wildman–Crippen MR) is 69.9 cm³/mol. The standard InChI is InChI=1S/C13H16BrNO2/c14-10-4-2-9(3-5-10)11(8-15)13(12(16)17)6-1-7-13/h2-5,11H,1,6-8,15H2,(H,16,17)/t11-/m0/s1. The van der Waals surface area contributed by atoms with Crippen molar-refractivity contribution in [2.45, 2.75) is 25.2 Å². The molecular formula is C13H16BrNO2. The first-order valence-electron chi connectivity index (χ1n) is 5.79. The molecule has 1 atom stereocenters. The maximum absolute atomic E-state index is 11.5. The number of rotatable bonds is 4. The van der Waals surface area contributed by atoms with Gasteiger partial charge in [0.2, 0.25) is 0 Å². The van der Waals surface area contributed by atoms with Crippen LogP contribution in [0.4, 0.5) is 0 Å². The Kier molecular flexibility index (Phi) is 3.54. The molecule has 0 heterocycles. The maximum Gasteiger partial charge on any atom is 0.310 e. The van der Waals surface area contributed by atoms with Crippen molar-refractivity contribution in [2.75, 3.05) is 6.54 Å². The van der Waals surface area contributed by atoms with Gasteiger partial charge in [-0.2, -0.15) is 0 Å². The molecule has 0 bridgehead atoms. The third-order valence-corrected chi connectivity index (χ3v) is 4.38. The second-order valence-electron chi connectivity index (χ2n) is 4.65. The van der Waals surface area contributed by atoms with E-state index in [0.717, 1.165) is 29.3 Å². The number of carboxylic acid groups (broad SMARTS) is 1. The van der Waals surface area contributed by atoms with Crippen molar-refractivity contribution in [3.63, 3.8) is 0 Å². The van der Waals surface area contributed by atoms with E-state index in [1.54, 1.807) is 0 Å². The molecule has 2 rings (SSSR count). The number of halogens is 1. The summed E-state index contributed by atoms with van der Waals surface area (Å²) >= 11 is 3.38. The summed E-state index contributed by atoms with van der Waals surface area (Å²) in [4.78, 5) is 11.5. The second kappa shape index (κ2) is 4.78. The molecule has 17 heavy (non-hydrogen) atoms. The topological polar surface area (TPSA) is 63.3 Å². The Morgan fingerprint density at radius 1 is 1.41 bits per heavy atom. The molecule has 0 amide bonds. The average molecular weight is 298 g/mol. The highest BCUT2D eigenvalue weighted by Crippen LogP contribution is 2.51. The van der Waals surface area contributed by atoms with Crippen LogP contribution in [0, 0.1) is 5.41 Å². The van der Waals surface area contributed by atoms with E-state index in [2.05, 4.69) is 15.9 Å². The summed E-state index contributed by atoms with van der Waals surface area (Å²) in [7, 11) is 0. The van der Waals surface area contributed by atoms with Gasteiger partial charge < -0.3 is 10.8 Å². The summed E-state index contributed by atoms with van der Waals surface area (Å²) in [6, 6.07) is 7.80. The molecule has 4 heteroatoms. The molecule has 0 saturated heterocycles. The fraction of sp³-hybridized carbons (Fsp3) is 0.462. The number of carboxylic acids is 1. The van der Waals surface area contributed by atoms with E-state index in [1.807, 2.05) is 24.3 Å². The van der Waals surface area contributed by atoms with Crippen molar-refractivity contribution >= 4 is 21.9 Å². The minimum absolute atomic E-state index is 0.0816. The maximum atomic E-state index is 11.5. The molecule has 1 aromatic carbocycles. The monoisotopic (exact) mass is 297 g/mol. The second-order valence-corrected chi connectivity index (χ2v) is 5.57. The number of hydrogen-bond acceptors (Lipinski definition) is 2. The molecule has 0 unspecified atom stereocenters. The summed E-state index contributed by atoms with van der Waals surface area (Å²) in [6.45, 7) is 0.383. The number of aliphatic carboxylic acids is 1. The summed E-state index contributed by atoms with van der Waals surface area (Å²) in [5, 5.41) is 9.44. The van der Waals surface area contributed by atoms with E-state index >= 15 is 0 Å². The predicted octanol–water partition coefficient (Wildman–Crippen LogP) is 2.75. The Morgan fingerprint density at radius 3 is 2.35 bits per heavy atom. The van der Waals surface area contributed by atoms with Gasteiger partial charge >= 0.3 is 5.97 Å². The summed E-state index contributed by atoms with van der Waals surface area (Å²) in [5.74, 6) is -0.788. The van der Waals surface area contributed by atoms with Crippen molar-refractivity contribution < 1.29 is 9.90 Å². The van der Waals surface area contributed by atoms with Crippen LogP contribution in [-0.2, 0) is 4.79 Å². The fourth-order valence-electron chi connectivity index (χ4n) is 2.64. The number of carbonyl (C=O) groups is 1. The lowest BCUT2D eigenvalue weighted by Crippen LogP contribution is -2.45. The number of nitrogens with two attached hydrogens (primary N) is 1. The van der Waals surface area contributed by atoms with Gasteiger partial charge in [-0.25, -0.2) is 0 Å². The average Bonchev–Trinajstić information content (AvgIpc) is 2.24. The highest BCUT2D eigenvalue weighted by Gasteiger charge is 2.50. The Bertz CT molecular complexity index is 412. The van der Waals surface area contributed by atoms with Crippen LogP contribution in [0.2, 0.25) is 0 Å². The number of benzene rings is 1. The lowest BCUT2D eigenvalue weighted by atomic mass is 9.59. The highest BCUT2D eigenvalue weighted by atomic mass is 79.9. The zero-order chi connectivity index (χ0) is 12.5. The van der Waals surface area contributed by atoms with Crippen molar-refractivity contribution in [1.29, 1.82) is 0 Å². The Labute approximate surface area is 109 Å². The molecule has 92 valence electrons. The molecular weight excluding hydrogens is 282 g/mol. The SMILES string of the molecule is NC[C@@H](c1ccc(Br)cc1)C1(C(=O)O)CCC1. The molecule has 3 nitrogen and oxygen atoms in total. The molecule has 0 aromatic heterocycles. The van der Waals surface area contributed by atoms with Crippen LogP contribution < -0.4 is 5.73 Å². The minimum atomic E-state index is -0.706. The molecule has 1 aliphatic rings. The van der Waals surface area contributed by atoms with E-state index in [4.69, 9.17) is 5.73 Å². The van der Waals surface area contributed by atoms with Gasteiger partial charge in [0.05, 0.1) is 5.41 Å². The normalized spacial score (nSPS) is 19.4. The third kappa shape index (κ3) is 2.11. The van der Waals surface area contributed by atoms with E-state index < -0.39 is 11.4 Å². The Hall–Kier alpha value is -0.870. The Balaban J connectivity index is 2.32. The molecule has 0 aliphatic heterocycles. The van der Waals surface area contributed by atoms with Crippen LogP contribution >= 0.6 is 15.9 Å². The van der Waals surface area contributed by atoms with Crippen LogP contribution in [0.3, 0.4) is 0 Å². The molecule has 3 N–H and O–H groups in total. The van der Waals surface area contributed by atoms with Crippen LogP contribution in [0.1, 0.15) is 30.7 Å². The van der Waals surface area contributed by atoms with Crippen molar-refractivity contribution in [3.05, 3.63) is 34.3 Å². The quantitative estimate of drug-likeness (QED) is 0.898. The van der Waals surface area contributed by atoms with E-state index in [-0.39, 0.29) is 5.92 Å². The first-order valence-corrected chi connectivity index (χ1v) is 6.58. The lowest BCUT2D eigenvalue weighted by molar-refractivity contribution is -0.156. The molecule has 0 spiro atoms. The van der Waals surface area contributed by atoms with Crippen LogP contribution in [0.5, 0.6) is 0 Å². The first-order chi connectivity index (χ1) is 8.10. The van der Waals surface area contributed by atoms with E-state index in [1.165, 1.54) is 0 Å². The molecule has 1 saturated carbocycles. The largest absolute Gasteiger partial charge is 0.481 e. The van der Waals surface area contributed by atoms with Crippen LogP contribution in [0.25, 0.3) is 0 Å². The van der Waals surface area contributed by atoms with Gasteiger partial charge in [0.15, 0.2) is 0 Å². The van der Waals surface area contributed by atoms with Crippen LogP contribution in [0.15, 0.2) is 28.7 Å². The van der Waals surface area contributed by atoms with Crippen molar-refractivity contribution in [2.24, 2.45) is 11.1 Å². The van der Waals surface area contributed by atoms with Gasteiger partial charge in [0.1, 0.15) is 0 Å². The highest BCUT2D eigenvalue weighted by molar-refractivity contribution is 9.10.